The molecule has 0 N–H and O–H groups in total. The monoisotopic (exact) mass is 1450 g/mol. The molecular weight excluding hydrogens is 1320 g/mol. The Morgan fingerprint density at radius 2 is 0.747 bits per heavy atom. The molecule has 0 bridgehead atoms. The zero-order chi connectivity index (χ0) is 74.3. The SMILES string of the molecule is C.CC(C)Cc1ccc(Br)cc1.CC(C)Cc1ccc(C(C)(C)C)cc1.CC(C)Cc1cccc(F)c1.CC(C)Cc1ccccc1.COc1ccc(CC(C)C)c(Cl)c1.COc1cccc(CC(C)C)c1.Cc1cc(CC(C)C)cc(C(F)(F)F)c1.Cc1cc(F)ccc1CC(C)C. The van der Waals surface area contributed by atoms with Gasteiger partial charge in [0.05, 0.1) is 19.8 Å². The molecule has 0 saturated carbocycles. The van der Waals surface area contributed by atoms with Gasteiger partial charge >= 0.3 is 6.18 Å². The maximum atomic E-state index is 12.7. The number of alkyl halides is 3. The second kappa shape index (κ2) is 49.4. The molecule has 0 saturated heterocycles. The second-order valence-corrected chi connectivity index (χ2v) is 31.4. The van der Waals surface area contributed by atoms with Crippen LogP contribution in [0.2, 0.25) is 5.02 Å². The average Bonchev–Trinajstić information content (AvgIpc) is 0.851. The average molecular weight is 1450 g/mol. The van der Waals surface area contributed by atoms with E-state index >= 15 is 0 Å². The summed E-state index contributed by atoms with van der Waals surface area (Å²) in [4.78, 5) is 0. The van der Waals surface area contributed by atoms with Crippen molar-refractivity contribution >= 4 is 27.5 Å². The maximum absolute atomic E-state index is 12.7. The number of ether oxygens (including phenoxy) is 2. The largest absolute Gasteiger partial charge is 0.497 e. The Kier molecular flexibility index (Phi) is 46.3. The Labute approximate surface area is 613 Å². The molecule has 8 rings (SSSR count). The molecule has 0 unspecified atom stereocenters. The highest BCUT2D eigenvalue weighted by molar-refractivity contribution is 9.10. The molecule has 548 valence electrons. The standard InChI is InChI=1S/C14H22.C12H15F3.C11H15ClO.C11H15F.C11H16O.C10H13Br.C10H13F.C10H14.CH4/c1-11(2)10-12-6-8-13(9-7-12)14(3,4)5;1-8(2)4-10-5-9(3)6-11(7-10)12(13,14)15;1-8(2)6-9-4-5-10(13-3)7-11(9)12;1-8(2)6-10-4-5-11(12)7-9(10)3;1-9(2)7-10-5-4-6-11(8-10)12-3;1-8(2)7-9-3-5-10(11)6-4-9;1-8(2)6-9-4-3-5-10(11)7-9;1-9(2)8-10-6-4-3-5-7-10;/h6-9,11H,10H2,1-5H3;5-8H,4H2,1-3H3;4-5,7-8H,6H2,1-3H3;4-5,7-8H,6H2,1-3H3;4-6,8-9H,7H2,1-3H3;3-6,8H,7H2,1-2H3;3-5,7-8H,6H2,1-2H3;3-7,9H,8H2,1-2H3;1H4. The molecule has 0 aliphatic carbocycles. The zero-order valence-corrected chi connectivity index (χ0v) is 66.4. The number of hydrogen-bond donors (Lipinski definition) is 0. The summed E-state index contributed by atoms with van der Waals surface area (Å²) in [6, 6.07) is 58.3. The molecule has 9 heteroatoms. The summed E-state index contributed by atoms with van der Waals surface area (Å²) in [5, 5.41) is 0.799. The van der Waals surface area contributed by atoms with Gasteiger partial charge in [0, 0.05) is 9.50 Å². The topological polar surface area (TPSA) is 18.5 Å². The van der Waals surface area contributed by atoms with Crippen molar-refractivity contribution in [1.82, 2.24) is 0 Å². The van der Waals surface area contributed by atoms with Crippen LogP contribution in [0, 0.1) is 72.8 Å². The lowest BCUT2D eigenvalue weighted by atomic mass is 9.86. The summed E-state index contributed by atoms with van der Waals surface area (Å²) in [7, 11) is 3.35. The van der Waals surface area contributed by atoms with E-state index in [1.54, 1.807) is 39.3 Å². The van der Waals surface area contributed by atoms with Gasteiger partial charge in [-0.3, -0.25) is 0 Å². The van der Waals surface area contributed by atoms with Crippen LogP contribution >= 0.6 is 27.5 Å². The minimum Gasteiger partial charge on any atom is -0.497 e. The third-order valence-corrected chi connectivity index (χ3v) is 15.6. The minimum atomic E-state index is -4.24. The molecule has 2 nitrogen and oxygen atoms in total. The van der Waals surface area contributed by atoms with Gasteiger partial charge < -0.3 is 9.47 Å². The molecule has 99 heavy (non-hydrogen) atoms. The van der Waals surface area contributed by atoms with Crippen molar-refractivity contribution in [2.45, 2.75) is 216 Å². The molecule has 0 aliphatic heterocycles. The van der Waals surface area contributed by atoms with E-state index in [1.165, 1.54) is 82.5 Å². The number of rotatable bonds is 18. The first-order valence-electron chi connectivity index (χ1n) is 35.3. The van der Waals surface area contributed by atoms with Gasteiger partial charge in [0.2, 0.25) is 0 Å². The van der Waals surface area contributed by atoms with Gasteiger partial charge in [-0.1, -0.05) is 281 Å². The molecule has 0 aromatic heterocycles. The Hall–Kier alpha value is -6.22. The zero-order valence-electron chi connectivity index (χ0n) is 64.1. The van der Waals surface area contributed by atoms with Gasteiger partial charge in [-0.05, 0) is 246 Å². The lowest BCUT2D eigenvalue weighted by molar-refractivity contribution is -0.137. The number of benzene rings is 8. The molecule has 0 fully saturated rings. The van der Waals surface area contributed by atoms with Crippen LogP contribution in [-0.2, 0) is 63.0 Å². The third-order valence-electron chi connectivity index (χ3n) is 14.7. The van der Waals surface area contributed by atoms with Gasteiger partial charge in [-0.25, -0.2) is 8.78 Å². The first-order valence-corrected chi connectivity index (χ1v) is 36.5. The quantitative estimate of drug-likeness (QED) is 0.0797. The summed E-state index contributed by atoms with van der Waals surface area (Å²) in [6.07, 6.45) is 4.13. The van der Waals surface area contributed by atoms with Crippen molar-refractivity contribution in [2.75, 3.05) is 14.2 Å². The maximum Gasteiger partial charge on any atom is 0.416 e. The van der Waals surface area contributed by atoms with Crippen LogP contribution in [0.15, 0.2) is 186 Å². The van der Waals surface area contributed by atoms with Crippen molar-refractivity contribution in [3.05, 3.63) is 270 Å². The van der Waals surface area contributed by atoms with Crippen molar-refractivity contribution in [2.24, 2.45) is 47.3 Å². The van der Waals surface area contributed by atoms with Crippen molar-refractivity contribution in [3.63, 3.8) is 0 Å². The molecule has 0 amide bonds. The van der Waals surface area contributed by atoms with Crippen molar-refractivity contribution < 1.29 is 31.4 Å². The lowest BCUT2D eigenvalue weighted by Crippen LogP contribution is -2.10. The molecular formula is C90H127BrClF5O2. The Morgan fingerprint density at radius 3 is 1.17 bits per heavy atom. The third kappa shape index (κ3) is 45.3. The number of methoxy groups -OCH3 is 2. The van der Waals surface area contributed by atoms with Crippen LogP contribution in [0.5, 0.6) is 11.5 Å². The molecule has 8 aromatic carbocycles. The highest BCUT2D eigenvalue weighted by atomic mass is 79.9. The Bertz CT molecular complexity index is 3380. The van der Waals surface area contributed by atoms with E-state index in [-0.39, 0.29) is 24.5 Å². The van der Waals surface area contributed by atoms with Crippen LogP contribution in [-0.4, -0.2) is 14.2 Å². The van der Waals surface area contributed by atoms with Gasteiger partial charge in [0.25, 0.3) is 0 Å². The highest BCUT2D eigenvalue weighted by Crippen LogP contribution is 2.32. The number of aryl methyl sites for hydroxylation is 2. The fourth-order valence-corrected chi connectivity index (χ4v) is 10.9. The fourth-order valence-electron chi connectivity index (χ4n) is 10.4. The first kappa shape index (κ1) is 92.8. The van der Waals surface area contributed by atoms with Crippen LogP contribution < -0.4 is 9.47 Å². The smallest absolute Gasteiger partial charge is 0.416 e. The summed E-state index contributed by atoms with van der Waals surface area (Å²) >= 11 is 9.48. The summed E-state index contributed by atoms with van der Waals surface area (Å²) in [6.45, 7) is 45.3. The number of hydrogen-bond acceptors (Lipinski definition) is 2. The van der Waals surface area contributed by atoms with E-state index in [0.717, 1.165) is 81.1 Å². The van der Waals surface area contributed by atoms with Crippen LogP contribution in [0.3, 0.4) is 0 Å². The molecule has 0 aliphatic rings. The van der Waals surface area contributed by atoms with E-state index in [9.17, 15) is 22.0 Å². The van der Waals surface area contributed by atoms with Crippen molar-refractivity contribution in [3.8, 4) is 11.5 Å². The van der Waals surface area contributed by atoms with E-state index in [1.807, 2.05) is 69.3 Å². The van der Waals surface area contributed by atoms with Crippen LogP contribution in [0.4, 0.5) is 22.0 Å². The van der Waals surface area contributed by atoms with Crippen LogP contribution in [0.1, 0.15) is 206 Å². The summed E-state index contributed by atoms with van der Waals surface area (Å²) in [5.74, 6) is 6.68. The highest BCUT2D eigenvalue weighted by Gasteiger charge is 2.31. The first-order chi connectivity index (χ1) is 45.8. The minimum absolute atomic E-state index is 0. The van der Waals surface area contributed by atoms with Gasteiger partial charge in [-0.15, -0.1) is 0 Å². The molecule has 8 aromatic rings. The van der Waals surface area contributed by atoms with E-state index < -0.39 is 11.7 Å². The Balaban J connectivity index is 0.00000111. The lowest BCUT2D eigenvalue weighted by Gasteiger charge is -2.19. The number of halogens is 7. The van der Waals surface area contributed by atoms with Gasteiger partial charge in [0.15, 0.2) is 0 Å². The van der Waals surface area contributed by atoms with E-state index in [4.69, 9.17) is 21.1 Å². The molecule has 0 spiro atoms. The molecule has 0 radical (unpaired) electrons. The van der Waals surface area contributed by atoms with Crippen LogP contribution in [0.25, 0.3) is 0 Å². The predicted molar refractivity (Wildman–Crippen MR) is 426 cm³/mol. The van der Waals surface area contributed by atoms with Gasteiger partial charge in [-0.2, -0.15) is 13.2 Å². The predicted octanol–water partition coefficient (Wildman–Crippen LogP) is 28.4. The Morgan fingerprint density at radius 1 is 0.364 bits per heavy atom. The molecule has 0 atom stereocenters. The summed E-state index contributed by atoms with van der Waals surface area (Å²) < 4.78 is 74.1. The van der Waals surface area contributed by atoms with E-state index in [2.05, 4.69) is 225 Å². The molecule has 0 heterocycles. The van der Waals surface area contributed by atoms with Crippen molar-refractivity contribution in [1.29, 1.82) is 0 Å². The van der Waals surface area contributed by atoms with Gasteiger partial charge in [0.1, 0.15) is 23.1 Å². The van der Waals surface area contributed by atoms with E-state index in [0.29, 0.717) is 41.6 Å². The fraction of sp³-hybridized carbons (Fsp3) is 0.467. The second-order valence-electron chi connectivity index (χ2n) is 30.1. The summed E-state index contributed by atoms with van der Waals surface area (Å²) in [5.41, 5.74) is 12.8. The normalized spacial score (nSPS) is 10.9.